The average molecular weight is 208 g/mol. The van der Waals surface area contributed by atoms with Gasteiger partial charge in [0.05, 0.1) is 5.69 Å². The third-order valence-corrected chi connectivity index (χ3v) is 2.40. The summed E-state index contributed by atoms with van der Waals surface area (Å²) in [5.74, 6) is -0.940. The number of hydrogen-bond acceptors (Lipinski definition) is 3. The summed E-state index contributed by atoms with van der Waals surface area (Å²) in [7, 11) is 1.88. The third kappa shape index (κ3) is 2.46. The van der Waals surface area contributed by atoms with Crippen LogP contribution in [0.1, 0.15) is 29.9 Å². The number of anilines is 1. The fourth-order valence-electron chi connectivity index (χ4n) is 1.28. The van der Waals surface area contributed by atoms with E-state index in [1.165, 1.54) is 6.20 Å². The van der Waals surface area contributed by atoms with Crippen LogP contribution in [0.25, 0.3) is 0 Å². The summed E-state index contributed by atoms with van der Waals surface area (Å²) in [5.41, 5.74) is 1.78. The van der Waals surface area contributed by atoms with Gasteiger partial charge in [-0.25, -0.2) is 4.79 Å². The van der Waals surface area contributed by atoms with Gasteiger partial charge in [-0.15, -0.1) is 0 Å². The zero-order chi connectivity index (χ0) is 11.6. The lowest BCUT2D eigenvalue weighted by atomic mass is 10.1. The highest BCUT2D eigenvalue weighted by Crippen LogP contribution is 2.21. The van der Waals surface area contributed by atoms with Crippen LogP contribution >= 0.6 is 0 Å². The van der Waals surface area contributed by atoms with E-state index in [-0.39, 0.29) is 11.6 Å². The summed E-state index contributed by atoms with van der Waals surface area (Å²) in [6.07, 6.45) is 1.41. The second-order valence-corrected chi connectivity index (χ2v) is 3.85. The fraction of sp³-hybridized carbons (Fsp3) is 0.455. The lowest BCUT2D eigenvalue weighted by Gasteiger charge is -2.25. The van der Waals surface area contributed by atoms with Gasteiger partial charge in [0, 0.05) is 25.0 Å². The lowest BCUT2D eigenvalue weighted by molar-refractivity contribution is 0.0697. The second-order valence-electron chi connectivity index (χ2n) is 3.85. The predicted octanol–water partition coefficient (Wildman–Crippen LogP) is 1.93. The molecule has 0 spiro atoms. The number of pyridine rings is 1. The van der Waals surface area contributed by atoms with Crippen molar-refractivity contribution in [2.45, 2.75) is 26.8 Å². The van der Waals surface area contributed by atoms with Gasteiger partial charge in [0.2, 0.25) is 0 Å². The van der Waals surface area contributed by atoms with Crippen LogP contribution in [0, 0.1) is 6.92 Å². The molecule has 0 saturated heterocycles. The number of carbonyl (C=O) groups is 1. The van der Waals surface area contributed by atoms with Gasteiger partial charge in [-0.3, -0.25) is 4.98 Å². The first-order valence-corrected chi connectivity index (χ1v) is 4.86. The Labute approximate surface area is 89.6 Å². The summed E-state index contributed by atoms with van der Waals surface area (Å²) in [6, 6.07) is 2.05. The fourth-order valence-corrected chi connectivity index (χ4v) is 1.28. The number of hydrogen-bond donors (Lipinski definition) is 1. The molecule has 0 saturated carbocycles. The molecule has 0 amide bonds. The number of carboxylic acids is 1. The molecular weight excluding hydrogens is 192 g/mol. The molecule has 0 bridgehead atoms. The van der Waals surface area contributed by atoms with Crippen molar-refractivity contribution in [1.29, 1.82) is 0 Å². The van der Waals surface area contributed by atoms with Gasteiger partial charge >= 0.3 is 5.97 Å². The normalized spacial score (nSPS) is 10.5. The molecule has 0 radical (unpaired) electrons. The highest BCUT2D eigenvalue weighted by molar-refractivity contribution is 5.94. The molecule has 1 rings (SSSR count). The molecule has 1 N–H and O–H groups in total. The average Bonchev–Trinajstić information content (AvgIpc) is 2.15. The third-order valence-electron chi connectivity index (χ3n) is 2.40. The van der Waals surface area contributed by atoms with Gasteiger partial charge in [-0.05, 0) is 26.8 Å². The zero-order valence-electron chi connectivity index (χ0n) is 9.48. The van der Waals surface area contributed by atoms with Crippen LogP contribution in [0.4, 0.5) is 5.69 Å². The van der Waals surface area contributed by atoms with E-state index < -0.39 is 5.97 Å². The summed E-state index contributed by atoms with van der Waals surface area (Å²) in [4.78, 5) is 16.9. The molecule has 4 heteroatoms. The molecule has 0 aliphatic carbocycles. The predicted molar refractivity (Wildman–Crippen MR) is 59.5 cm³/mol. The van der Waals surface area contributed by atoms with Crippen LogP contribution < -0.4 is 4.90 Å². The molecule has 0 atom stereocenters. The first-order chi connectivity index (χ1) is 6.93. The molecule has 4 nitrogen and oxygen atoms in total. The van der Waals surface area contributed by atoms with E-state index in [1.54, 1.807) is 6.07 Å². The topological polar surface area (TPSA) is 53.4 Å². The molecule has 0 fully saturated rings. The van der Waals surface area contributed by atoms with E-state index in [1.807, 2.05) is 32.7 Å². The molecule has 0 aliphatic heterocycles. The maximum Gasteiger partial charge on any atom is 0.339 e. The van der Waals surface area contributed by atoms with Crippen molar-refractivity contribution in [3.63, 3.8) is 0 Å². The Bertz CT molecular complexity index is 375. The van der Waals surface area contributed by atoms with Crippen LogP contribution in [0.3, 0.4) is 0 Å². The smallest absolute Gasteiger partial charge is 0.339 e. The number of carboxylic acid groups (broad SMARTS) is 1. The van der Waals surface area contributed by atoms with Crippen LogP contribution in [0.2, 0.25) is 0 Å². The summed E-state index contributed by atoms with van der Waals surface area (Å²) in [5, 5.41) is 9.02. The number of nitrogens with zero attached hydrogens (tertiary/aromatic N) is 2. The highest BCUT2D eigenvalue weighted by Gasteiger charge is 2.15. The highest BCUT2D eigenvalue weighted by atomic mass is 16.4. The summed E-state index contributed by atoms with van der Waals surface area (Å²) in [6.45, 7) is 5.88. The Morgan fingerprint density at radius 1 is 1.53 bits per heavy atom. The minimum absolute atomic E-state index is 0.247. The van der Waals surface area contributed by atoms with E-state index >= 15 is 0 Å². The number of aromatic carboxylic acids is 1. The number of rotatable bonds is 3. The second kappa shape index (κ2) is 4.29. The van der Waals surface area contributed by atoms with Gasteiger partial charge in [0.15, 0.2) is 0 Å². The van der Waals surface area contributed by atoms with Gasteiger partial charge in [0.25, 0.3) is 0 Å². The minimum atomic E-state index is -0.940. The van der Waals surface area contributed by atoms with Crippen molar-refractivity contribution in [2.24, 2.45) is 0 Å². The molecule has 0 unspecified atom stereocenters. The quantitative estimate of drug-likeness (QED) is 0.824. The van der Waals surface area contributed by atoms with Gasteiger partial charge in [-0.1, -0.05) is 0 Å². The minimum Gasteiger partial charge on any atom is -0.478 e. The molecule has 1 aromatic rings. The molecular formula is C11H16N2O2. The van der Waals surface area contributed by atoms with Crippen molar-refractivity contribution in [3.05, 3.63) is 23.5 Å². The van der Waals surface area contributed by atoms with Crippen molar-refractivity contribution < 1.29 is 9.90 Å². The first kappa shape index (κ1) is 11.5. The van der Waals surface area contributed by atoms with E-state index in [9.17, 15) is 4.79 Å². The Morgan fingerprint density at radius 3 is 2.60 bits per heavy atom. The van der Waals surface area contributed by atoms with Gasteiger partial charge in [-0.2, -0.15) is 0 Å². The Kier molecular flexibility index (Phi) is 3.29. The van der Waals surface area contributed by atoms with E-state index in [4.69, 9.17) is 5.11 Å². The Hall–Kier alpha value is -1.58. The van der Waals surface area contributed by atoms with E-state index in [2.05, 4.69) is 4.98 Å². The zero-order valence-corrected chi connectivity index (χ0v) is 9.48. The van der Waals surface area contributed by atoms with Crippen LogP contribution in [-0.4, -0.2) is 29.1 Å². The molecule has 0 aromatic carbocycles. The maximum atomic E-state index is 11.0. The SMILES string of the molecule is Cc1cc(N(C)C(C)C)c(C(=O)O)cn1. The van der Waals surface area contributed by atoms with E-state index in [0.717, 1.165) is 5.69 Å². The largest absolute Gasteiger partial charge is 0.478 e. The molecule has 1 heterocycles. The molecule has 15 heavy (non-hydrogen) atoms. The van der Waals surface area contributed by atoms with E-state index in [0.29, 0.717) is 5.69 Å². The maximum absolute atomic E-state index is 11.0. The summed E-state index contributed by atoms with van der Waals surface area (Å²) < 4.78 is 0. The summed E-state index contributed by atoms with van der Waals surface area (Å²) >= 11 is 0. The number of aryl methyl sites for hydroxylation is 1. The molecule has 1 aromatic heterocycles. The van der Waals surface area contributed by atoms with Crippen molar-refractivity contribution in [3.8, 4) is 0 Å². The lowest BCUT2D eigenvalue weighted by Crippen LogP contribution is -2.27. The van der Waals surface area contributed by atoms with Crippen molar-refractivity contribution >= 4 is 11.7 Å². The monoisotopic (exact) mass is 208 g/mol. The Balaban J connectivity index is 3.24. The van der Waals surface area contributed by atoms with Gasteiger partial charge < -0.3 is 10.0 Å². The van der Waals surface area contributed by atoms with Crippen molar-refractivity contribution in [2.75, 3.05) is 11.9 Å². The van der Waals surface area contributed by atoms with Crippen LogP contribution in [-0.2, 0) is 0 Å². The molecule has 82 valence electrons. The van der Waals surface area contributed by atoms with Crippen molar-refractivity contribution in [1.82, 2.24) is 4.98 Å². The first-order valence-electron chi connectivity index (χ1n) is 4.86. The standard InChI is InChI=1S/C11H16N2O2/c1-7(2)13(4)10-5-8(3)12-6-9(10)11(14)15/h5-7H,1-4H3,(H,14,15). The number of aromatic nitrogens is 1. The van der Waals surface area contributed by atoms with Crippen LogP contribution in [0.15, 0.2) is 12.3 Å². The Morgan fingerprint density at radius 2 is 2.13 bits per heavy atom. The van der Waals surface area contributed by atoms with Gasteiger partial charge in [0.1, 0.15) is 5.56 Å². The van der Waals surface area contributed by atoms with Crippen LogP contribution in [0.5, 0.6) is 0 Å². The molecule has 0 aliphatic rings.